The van der Waals surface area contributed by atoms with E-state index in [9.17, 15) is 5.11 Å². The molecule has 3 heteroatoms. The predicted octanol–water partition coefficient (Wildman–Crippen LogP) is 3.04. The first-order chi connectivity index (χ1) is 11.4. The zero-order valence-corrected chi connectivity index (χ0v) is 13.3. The molecule has 0 bridgehead atoms. The standard InChI is InChI=1S/C20H22N2O/c23-13-12-21-11-10-20-18(15-21)17-8-4-5-9-19(17)22(20)14-16-6-2-1-3-7-16/h1-9,23H,10-15H2. The van der Waals surface area contributed by atoms with Crippen molar-refractivity contribution in [1.82, 2.24) is 9.47 Å². The van der Waals surface area contributed by atoms with Crippen molar-refractivity contribution in [2.24, 2.45) is 0 Å². The van der Waals surface area contributed by atoms with Crippen LogP contribution in [-0.2, 0) is 19.5 Å². The zero-order chi connectivity index (χ0) is 15.6. The number of aliphatic hydroxyl groups is 1. The molecule has 2 aromatic carbocycles. The number of para-hydroxylation sites is 1. The maximum absolute atomic E-state index is 9.23. The van der Waals surface area contributed by atoms with Crippen LogP contribution >= 0.6 is 0 Å². The smallest absolute Gasteiger partial charge is 0.0558 e. The maximum atomic E-state index is 9.23. The first kappa shape index (κ1) is 14.5. The molecule has 1 aromatic heterocycles. The van der Waals surface area contributed by atoms with Crippen LogP contribution in [0.1, 0.15) is 16.8 Å². The first-order valence-corrected chi connectivity index (χ1v) is 8.33. The minimum absolute atomic E-state index is 0.234. The van der Waals surface area contributed by atoms with Crippen LogP contribution < -0.4 is 0 Å². The molecule has 3 nitrogen and oxygen atoms in total. The van der Waals surface area contributed by atoms with Crippen molar-refractivity contribution in [1.29, 1.82) is 0 Å². The summed E-state index contributed by atoms with van der Waals surface area (Å²) in [6, 6.07) is 19.4. The van der Waals surface area contributed by atoms with Gasteiger partial charge in [-0.05, 0) is 17.2 Å². The molecule has 0 radical (unpaired) electrons. The normalized spacial score (nSPS) is 15.0. The fraction of sp³-hybridized carbons (Fsp3) is 0.300. The van der Waals surface area contributed by atoms with E-state index < -0.39 is 0 Å². The van der Waals surface area contributed by atoms with Gasteiger partial charge in [-0.15, -0.1) is 0 Å². The molecule has 0 atom stereocenters. The van der Waals surface area contributed by atoms with Crippen molar-refractivity contribution in [2.45, 2.75) is 19.5 Å². The number of benzene rings is 2. The van der Waals surface area contributed by atoms with E-state index in [1.807, 2.05) is 0 Å². The van der Waals surface area contributed by atoms with Gasteiger partial charge in [0.25, 0.3) is 0 Å². The lowest BCUT2D eigenvalue weighted by molar-refractivity contribution is 0.184. The lowest BCUT2D eigenvalue weighted by atomic mass is 10.0. The number of nitrogens with zero attached hydrogens (tertiary/aromatic N) is 2. The number of hydrogen-bond donors (Lipinski definition) is 1. The third kappa shape index (κ3) is 2.67. The van der Waals surface area contributed by atoms with Gasteiger partial charge >= 0.3 is 0 Å². The molecule has 2 heterocycles. The van der Waals surface area contributed by atoms with Crippen molar-refractivity contribution in [3.05, 3.63) is 71.4 Å². The van der Waals surface area contributed by atoms with Gasteiger partial charge in [0, 0.05) is 49.2 Å². The molecule has 3 aromatic rings. The largest absolute Gasteiger partial charge is 0.395 e. The SMILES string of the molecule is OCCN1CCc2c(c3ccccc3n2Cc2ccccc2)C1. The molecule has 0 unspecified atom stereocenters. The van der Waals surface area contributed by atoms with E-state index in [1.54, 1.807) is 0 Å². The Labute approximate surface area is 136 Å². The molecule has 0 fully saturated rings. The second-order valence-corrected chi connectivity index (χ2v) is 6.26. The number of fused-ring (bicyclic) bond motifs is 3. The molecule has 0 amide bonds. The molecule has 1 aliphatic heterocycles. The molecule has 0 saturated carbocycles. The first-order valence-electron chi connectivity index (χ1n) is 8.33. The lowest BCUT2D eigenvalue weighted by Gasteiger charge is -2.27. The third-order valence-corrected chi connectivity index (χ3v) is 4.84. The third-order valence-electron chi connectivity index (χ3n) is 4.84. The summed E-state index contributed by atoms with van der Waals surface area (Å²) in [5, 5.41) is 10.6. The predicted molar refractivity (Wildman–Crippen MR) is 93.5 cm³/mol. The lowest BCUT2D eigenvalue weighted by Crippen LogP contribution is -2.33. The number of β-amino-alcohol motifs (C(OH)–C–C–N with tert-alkyl or cyclic N) is 1. The van der Waals surface area contributed by atoms with E-state index in [0.717, 1.165) is 32.6 Å². The highest BCUT2D eigenvalue weighted by Crippen LogP contribution is 2.31. The Hall–Kier alpha value is -2.10. The van der Waals surface area contributed by atoms with Crippen LogP contribution in [0.2, 0.25) is 0 Å². The van der Waals surface area contributed by atoms with E-state index in [1.165, 1.54) is 27.7 Å². The summed E-state index contributed by atoms with van der Waals surface area (Å²) in [5.74, 6) is 0. The molecule has 0 aliphatic carbocycles. The Morgan fingerprint density at radius 2 is 1.74 bits per heavy atom. The second-order valence-electron chi connectivity index (χ2n) is 6.26. The summed E-state index contributed by atoms with van der Waals surface area (Å²) in [6.07, 6.45) is 1.05. The van der Waals surface area contributed by atoms with Crippen LogP contribution in [0.4, 0.5) is 0 Å². The molecule has 1 N–H and O–H groups in total. The average Bonchev–Trinajstić information content (AvgIpc) is 2.90. The van der Waals surface area contributed by atoms with Gasteiger partial charge in [-0.25, -0.2) is 0 Å². The van der Waals surface area contributed by atoms with Crippen LogP contribution in [0.25, 0.3) is 10.9 Å². The van der Waals surface area contributed by atoms with E-state index in [4.69, 9.17) is 0 Å². The van der Waals surface area contributed by atoms with Gasteiger partial charge < -0.3 is 9.67 Å². The number of rotatable bonds is 4. The van der Waals surface area contributed by atoms with Crippen LogP contribution in [0.5, 0.6) is 0 Å². The molecule has 1 aliphatic rings. The van der Waals surface area contributed by atoms with Crippen molar-refractivity contribution in [3.8, 4) is 0 Å². The van der Waals surface area contributed by atoms with Crippen molar-refractivity contribution < 1.29 is 5.11 Å². The Morgan fingerprint density at radius 1 is 0.957 bits per heavy atom. The summed E-state index contributed by atoms with van der Waals surface area (Å²) in [6.45, 7) is 3.89. The number of aromatic nitrogens is 1. The van der Waals surface area contributed by atoms with Crippen molar-refractivity contribution in [3.63, 3.8) is 0 Å². The molecule has 0 saturated heterocycles. The summed E-state index contributed by atoms with van der Waals surface area (Å²) < 4.78 is 2.48. The highest BCUT2D eigenvalue weighted by Gasteiger charge is 2.23. The second kappa shape index (κ2) is 6.19. The Balaban J connectivity index is 1.79. The monoisotopic (exact) mass is 306 g/mol. The minimum Gasteiger partial charge on any atom is -0.395 e. The molecular weight excluding hydrogens is 284 g/mol. The van der Waals surface area contributed by atoms with Crippen molar-refractivity contribution >= 4 is 10.9 Å². The van der Waals surface area contributed by atoms with Gasteiger partial charge in [0.2, 0.25) is 0 Å². The van der Waals surface area contributed by atoms with Gasteiger partial charge in [-0.2, -0.15) is 0 Å². The minimum atomic E-state index is 0.234. The van der Waals surface area contributed by atoms with E-state index in [-0.39, 0.29) is 6.61 Å². The molecule has 0 spiro atoms. The van der Waals surface area contributed by atoms with Crippen LogP contribution in [0, 0.1) is 0 Å². The summed E-state index contributed by atoms with van der Waals surface area (Å²) in [4.78, 5) is 2.35. The fourth-order valence-electron chi connectivity index (χ4n) is 3.74. The molecule has 4 rings (SSSR count). The highest BCUT2D eigenvalue weighted by atomic mass is 16.3. The number of aliphatic hydroxyl groups excluding tert-OH is 1. The Kier molecular flexibility index (Phi) is 3.90. The van der Waals surface area contributed by atoms with E-state index in [0.29, 0.717) is 0 Å². The Bertz CT molecular complexity index is 807. The van der Waals surface area contributed by atoms with Gasteiger partial charge in [-0.1, -0.05) is 48.5 Å². The fourth-order valence-corrected chi connectivity index (χ4v) is 3.74. The van der Waals surface area contributed by atoms with Crippen LogP contribution in [0.3, 0.4) is 0 Å². The number of hydrogen-bond acceptors (Lipinski definition) is 2. The topological polar surface area (TPSA) is 28.4 Å². The summed E-state index contributed by atoms with van der Waals surface area (Å²) >= 11 is 0. The Morgan fingerprint density at radius 3 is 2.57 bits per heavy atom. The summed E-state index contributed by atoms with van der Waals surface area (Å²) in [7, 11) is 0. The maximum Gasteiger partial charge on any atom is 0.0558 e. The van der Waals surface area contributed by atoms with E-state index in [2.05, 4.69) is 64.1 Å². The van der Waals surface area contributed by atoms with Gasteiger partial charge in [0.05, 0.1) is 6.61 Å². The average molecular weight is 306 g/mol. The van der Waals surface area contributed by atoms with Gasteiger partial charge in [0.1, 0.15) is 0 Å². The van der Waals surface area contributed by atoms with Gasteiger partial charge in [-0.3, -0.25) is 4.90 Å². The van der Waals surface area contributed by atoms with Crippen molar-refractivity contribution in [2.75, 3.05) is 19.7 Å². The van der Waals surface area contributed by atoms with E-state index >= 15 is 0 Å². The zero-order valence-electron chi connectivity index (χ0n) is 13.3. The highest BCUT2D eigenvalue weighted by molar-refractivity contribution is 5.86. The summed E-state index contributed by atoms with van der Waals surface area (Å²) in [5.41, 5.74) is 5.57. The molecule has 23 heavy (non-hydrogen) atoms. The van der Waals surface area contributed by atoms with Gasteiger partial charge in [0.15, 0.2) is 0 Å². The quantitative estimate of drug-likeness (QED) is 0.802. The molecular formula is C20H22N2O. The van der Waals surface area contributed by atoms with Crippen LogP contribution in [0.15, 0.2) is 54.6 Å². The molecule has 118 valence electrons. The van der Waals surface area contributed by atoms with Crippen LogP contribution in [-0.4, -0.2) is 34.3 Å².